The SMILES string of the molecule is OC(CCC1CCCC1)c1cccnc1. The first-order valence-electron chi connectivity index (χ1n) is 5.94. The van der Waals surface area contributed by atoms with Gasteiger partial charge in [-0.15, -0.1) is 0 Å². The van der Waals surface area contributed by atoms with Gasteiger partial charge in [-0.05, 0) is 30.4 Å². The van der Waals surface area contributed by atoms with E-state index in [0.29, 0.717) is 0 Å². The molecule has 1 atom stereocenters. The van der Waals surface area contributed by atoms with Gasteiger partial charge in [0.25, 0.3) is 0 Å². The van der Waals surface area contributed by atoms with E-state index in [1.54, 1.807) is 12.4 Å². The molecule has 1 fully saturated rings. The van der Waals surface area contributed by atoms with E-state index in [2.05, 4.69) is 4.98 Å². The molecule has 1 aromatic rings. The first-order chi connectivity index (χ1) is 7.36. The van der Waals surface area contributed by atoms with Crippen molar-refractivity contribution in [2.45, 2.75) is 44.6 Å². The first-order valence-corrected chi connectivity index (χ1v) is 5.94. The number of hydrogen-bond acceptors (Lipinski definition) is 2. The van der Waals surface area contributed by atoms with Crippen LogP contribution >= 0.6 is 0 Å². The van der Waals surface area contributed by atoms with Crippen molar-refractivity contribution in [3.05, 3.63) is 30.1 Å². The zero-order valence-electron chi connectivity index (χ0n) is 9.10. The van der Waals surface area contributed by atoms with Gasteiger partial charge in [-0.3, -0.25) is 4.98 Å². The van der Waals surface area contributed by atoms with E-state index in [1.807, 2.05) is 12.1 Å². The monoisotopic (exact) mass is 205 g/mol. The van der Waals surface area contributed by atoms with Crippen LogP contribution in [0.3, 0.4) is 0 Å². The summed E-state index contributed by atoms with van der Waals surface area (Å²) in [5.41, 5.74) is 0.954. The van der Waals surface area contributed by atoms with Gasteiger partial charge in [0, 0.05) is 12.4 Å². The quantitative estimate of drug-likeness (QED) is 0.819. The summed E-state index contributed by atoms with van der Waals surface area (Å²) >= 11 is 0. The van der Waals surface area contributed by atoms with Crippen LogP contribution in [0.4, 0.5) is 0 Å². The molecule has 0 amide bonds. The summed E-state index contributed by atoms with van der Waals surface area (Å²) in [6.07, 6.45) is 10.7. The zero-order valence-corrected chi connectivity index (χ0v) is 9.10. The van der Waals surface area contributed by atoms with Crippen molar-refractivity contribution in [3.63, 3.8) is 0 Å². The van der Waals surface area contributed by atoms with Gasteiger partial charge in [-0.2, -0.15) is 0 Å². The van der Waals surface area contributed by atoms with Crippen molar-refractivity contribution in [2.75, 3.05) is 0 Å². The molecule has 1 N–H and O–H groups in total. The minimum atomic E-state index is -0.320. The normalized spacial score (nSPS) is 19.3. The first kappa shape index (κ1) is 10.6. The Morgan fingerprint density at radius 1 is 1.40 bits per heavy atom. The Bertz CT molecular complexity index is 280. The second-order valence-electron chi connectivity index (χ2n) is 4.53. The molecule has 2 rings (SSSR count). The van der Waals surface area contributed by atoms with Gasteiger partial charge in [0.05, 0.1) is 6.10 Å². The predicted octanol–water partition coefficient (Wildman–Crippen LogP) is 3.09. The van der Waals surface area contributed by atoms with Crippen LogP contribution in [0.1, 0.15) is 50.2 Å². The highest BCUT2D eigenvalue weighted by Gasteiger charge is 2.16. The van der Waals surface area contributed by atoms with Crippen molar-refractivity contribution in [2.24, 2.45) is 5.92 Å². The molecule has 0 bridgehead atoms. The fourth-order valence-electron chi connectivity index (χ4n) is 2.43. The molecular formula is C13H19NO. The molecule has 0 radical (unpaired) electrons. The maximum Gasteiger partial charge on any atom is 0.0805 e. The highest BCUT2D eigenvalue weighted by atomic mass is 16.3. The minimum absolute atomic E-state index is 0.320. The van der Waals surface area contributed by atoms with Crippen LogP contribution in [-0.2, 0) is 0 Å². The number of pyridine rings is 1. The van der Waals surface area contributed by atoms with Gasteiger partial charge in [0.2, 0.25) is 0 Å². The van der Waals surface area contributed by atoms with Gasteiger partial charge >= 0.3 is 0 Å². The maximum atomic E-state index is 9.94. The lowest BCUT2D eigenvalue weighted by molar-refractivity contribution is 0.156. The topological polar surface area (TPSA) is 33.1 Å². The van der Waals surface area contributed by atoms with E-state index >= 15 is 0 Å². The minimum Gasteiger partial charge on any atom is -0.388 e. The largest absolute Gasteiger partial charge is 0.388 e. The molecule has 0 aromatic carbocycles. The molecule has 2 heteroatoms. The number of rotatable bonds is 4. The average Bonchev–Trinajstić information content (AvgIpc) is 2.80. The van der Waals surface area contributed by atoms with E-state index in [-0.39, 0.29) is 6.10 Å². The molecule has 1 saturated carbocycles. The number of aliphatic hydroxyl groups excluding tert-OH is 1. The summed E-state index contributed by atoms with van der Waals surface area (Å²) in [6, 6.07) is 3.83. The molecule has 2 nitrogen and oxygen atoms in total. The standard InChI is InChI=1S/C13H19NO/c15-13(12-6-3-9-14-10-12)8-7-11-4-1-2-5-11/h3,6,9-11,13,15H,1-2,4-5,7-8H2. The van der Waals surface area contributed by atoms with Gasteiger partial charge < -0.3 is 5.11 Å². The molecule has 1 aliphatic rings. The van der Waals surface area contributed by atoms with Crippen LogP contribution in [0.25, 0.3) is 0 Å². The molecule has 0 spiro atoms. The number of nitrogens with zero attached hydrogens (tertiary/aromatic N) is 1. The lowest BCUT2D eigenvalue weighted by atomic mass is 9.97. The van der Waals surface area contributed by atoms with Crippen LogP contribution in [0, 0.1) is 5.92 Å². The molecule has 1 unspecified atom stereocenters. The maximum absolute atomic E-state index is 9.94. The summed E-state index contributed by atoms with van der Waals surface area (Å²) in [5.74, 6) is 0.858. The fraction of sp³-hybridized carbons (Fsp3) is 0.615. The Morgan fingerprint density at radius 2 is 2.20 bits per heavy atom. The van der Waals surface area contributed by atoms with E-state index < -0.39 is 0 Å². The molecular weight excluding hydrogens is 186 g/mol. The van der Waals surface area contributed by atoms with Crippen molar-refractivity contribution in [1.29, 1.82) is 0 Å². The summed E-state index contributed by atoms with van der Waals surface area (Å²) in [6.45, 7) is 0. The Morgan fingerprint density at radius 3 is 2.87 bits per heavy atom. The third-order valence-corrected chi connectivity index (χ3v) is 3.39. The second-order valence-corrected chi connectivity index (χ2v) is 4.53. The molecule has 0 aliphatic heterocycles. The highest BCUT2D eigenvalue weighted by Crippen LogP contribution is 2.31. The van der Waals surface area contributed by atoms with E-state index in [9.17, 15) is 5.11 Å². The Balaban J connectivity index is 1.79. The molecule has 15 heavy (non-hydrogen) atoms. The molecule has 1 aliphatic carbocycles. The average molecular weight is 205 g/mol. The molecule has 82 valence electrons. The third-order valence-electron chi connectivity index (χ3n) is 3.39. The van der Waals surface area contributed by atoms with Crippen LogP contribution < -0.4 is 0 Å². The van der Waals surface area contributed by atoms with Crippen LogP contribution in [0.15, 0.2) is 24.5 Å². The van der Waals surface area contributed by atoms with Gasteiger partial charge in [-0.25, -0.2) is 0 Å². The van der Waals surface area contributed by atoms with Crippen LogP contribution in [-0.4, -0.2) is 10.1 Å². The number of hydrogen-bond donors (Lipinski definition) is 1. The zero-order chi connectivity index (χ0) is 10.5. The number of aliphatic hydroxyl groups is 1. The van der Waals surface area contributed by atoms with E-state index in [1.165, 1.54) is 25.7 Å². The highest BCUT2D eigenvalue weighted by molar-refractivity contribution is 5.11. The molecule has 1 aromatic heterocycles. The smallest absolute Gasteiger partial charge is 0.0805 e. The molecule has 0 saturated heterocycles. The second kappa shape index (κ2) is 5.26. The van der Waals surface area contributed by atoms with Crippen molar-refractivity contribution in [3.8, 4) is 0 Å². The Labute approximate surface area is 91.4 Å². The summed E-state index contributed by atoms with van der Waals surface area (Å²) in [4.78, 5) is 4.03. The van der Waals surface area contributed by atoms with Crippen molar-refractivity contribution >= 4 is 0 Å². The molecule has 1 heterocycles. The Kier molecular flexibility index (Phi) is 3.73. The van der Waals surface area contributed by atoms with Gasteiger partial charge in [-0.1, -0.05) is 31.7 Å². The fourth-order valence-corrected chi connectivity index (χ4v) is 2.43. The summed E-state index contributed by atoms with van der Waals surface area (Å²) < 4.78 is 0. The predicted molar refractivity (Wildman–Crippen MR) is 60.4 cm³/mol. The van der Waals surface area contributed by atoms with Crippen molar-refractivity contribution in [1.82, 2.24) is 4.98 Å². The lowest BCUT2D eigenvalue weighted by Crippen LogP contribution is -2.01. The van der Waals surface area contributed by atoms with Crippen molar-refractivity contribution < 1.29 is 5.11 Å². The summed E-state index contributed by atoms with van der Waals surface area (Å²) in [7, 11) is 0. The third kappa shape index (κ3) is 3.03. The van der Waals surface area contributed by atoms with E-state index in [4.69, 9.17) is 0 Å². The van der Waals surface area contributed by atoms with E-state index in [0.717, 1.165) is 24.3 Å². The van der Waals surface area contributed by atoms with Gasteiger partial charge in [0.15, 0.2) is 0 Å². The lowest BCUT2D eigenvalue weighted by Gasteiger charge is -2.13. The van der Waals surface area contributed by atoms with Crippen LogP contribution in [0.2, 0.25) is 0 Å². The van der Waals surface area contributed by atoms with Crippen LogP contribution in [0.5, 0.6) is 0 Å². The van der Waals surface area contributed by atoms with Gasteiger partial charge in [0.1, 0.15) is 0 Å². The summed E-state index contributed by atoms with van der Waals surface area (Å²) in [5, 5.41) is 9.94. The Hall–Kier alpha value is -0.890. The number of aromatic nitrogens is 1.